The third-order valence-electron chi connectivity index (χ3n) is 3.92. The topological polar surface area (TPSA) is 58.3 Å². The Morgan fingerprint density at radius 1 is 1.22 bits per heavy atom. The summed E-state index contributed by atoms with van der Waals surface area (Å²) in [5.41, 5.74) is 5.81. The molecule has 0 bridgehead atoms. The van der Waals surface area contributed by atoms with Gasteiger partial charge in [-0.25, -0.2) is 9.97 Å². The van der Waals surface area contributed by atoms with Gasteiger partial charge in [0.1, 0.15) is 22.4 Å². The van der Waals surface area contributed by atoms with Gasteiger partial charge in [-0.1, -0.05) is 0 Å². The van der Waals surface area contributed by atoms with Crippen LogP contribution in [0.15, 0.2) is 10.8 Å². The highest BCUT2D eigenvalue weighted by molar-refractivity contribution is 9.10. The van der Waals surface area contributed by atoms with Crippen LogP contribution in [0.25, 0.3) is 0 Å². The summed E-state index contributed by atoms with van der Waals surface area (Å²) in [6.07, 6.45) is 5.45. The van der Waals surface area contributed by atoms with Crippen molar-refractivity contribution < 1.29 is 0 Å². The van der Waals surface area contributed by atoms with Gasteiger partial charge in [-0.15, -0.1) is 0 Å². The summed E-state index contributed by atoms with van der Waals surface area (Å²) < 4.78 is 0.826. The number of likely N-dealkylation sites (tertiary alicyclic amines) is 1. The molecule has 0 aliphatic carbocycles. The molecule has 0 radical (unpaired) electrons. The van der Waals surface area contributed by atoms with E-state index in [0.717, 1.165) is 23.4 Å². The van der Waals surface area contributed by atoms with Crippen molar-refractivity contribution in [3.8, 4) is 0 Å². The fourth-order valence-corrected chi connectivity index (χ4v) is 3.39. The van der Waals surface area contributed by atoms with E-state index < -0.39 is 0 Å². The molecule has 18 heavy (non-hydrogen) atoms. The summed E-state index contributed by atoms with van der Waals surface area (Å²) in [6.45, 7) is 4.61. The Bertz CT molecular complexity index is 432. The number of hydrogen-bond donors (Lipinski definition) is 1. The lowest BCUT2D eigenvalue weighted by Gasteiger charge is -2.24. The minimum Gasteiger partial charge on any atom is -0.383 e. The van der Waals surface area contributed by atoms with Gasteiger partial charge in [0.2, 0.25) is 0 Å². The molecular formula is C12H18BrN5. The van der Waals surface area contributed by atoms with Gasteiger partial charge in [0.05, 0.1) is 0 Å². The Labute approximate surface area is 116 Å². The highest BCUT2D eigenvalue weighted by atomic mass is 79.9. The van der Waals surface area contributed by atoms with Crippen molar-refractivity contribution in [2.45, 2.75) is 25.3 Å². The molecule has 2 fully saturated rings. The van der Waals surface area contributed by atoms with Crippen molar-refractivity contribution in [1.82, 2.24) is 14.9 Å². The molecule has 3 rings (SSSR count). The first kappa shape index (κ1) is 12.2. The summed E-state index contributed by atoms with van der Waals surface area (Å²) in [7, 11) is 0. The number of anilines is 2. The van der Waals surface area contributed by atoms with Crippen LogP contribution in [0.5, 0.6) is 0 Å². The van der Waals surface area contributed by atoms with Gasteiger partial charge in [-0.05, 0) is 48.3 Å². The largest absolute Gasteiger partial charge is 0.383 e. The summed E-state index contributed by atoms with van der Waals surface area (Å²) in [4.78, 5) is 13.3. The van der Waals surface area contributed by atoms with Gasteiger partial charge in [0, 0.05) is 19.1 Å². The van der Waals surface area contributed by atoms with Crippen LogP contribution in [0, 0.1) is 0 Å². The van der Waals surface area contributed by atoms with Gasteiger partial charge in [0.15, 0.2) is 0 Å². The monoisotopic (exact) mass is 311 g/mol. The number of hydrogen-bond acceptors (Lipinski definition) is 5. The van der Waals surface area contributed by atoms with E-state index in [9.17, 15) is 0 Å². The highest BCUT2D eigenvalue weighted by Gasteiger charge is 2.30. The molecular weight excluding hydrogens is 294 g/mol. The summed E-state index contributed by atoms with van der Waals surface area (Å²) in [5, 5.41) is 0. The van der Waals surface area contributed by atoms with E-state index >= 15 is 0 Å². The van der Waals surface area contributed by atoms with Gasteiger partial charge < -0.3 is 10.6 Å². The van der Waals surface area contributed by atoms with Crippen LogP contribution in [0.4, 0.5) is 11.6 Å². The number of nitrogen functional groups attached to an aromatic ring is 1. The Balaban J connectivity index is 1.73. The molecule has 1 aromatic heterocycles. The van der Waals surface area contributed by atoms with Crippen molar-refractivity contribution in [3.05, 3.63) is 10.8 Å². The quantitative estimate of drug-likeness (QED) is 0.897. The van der Waals surface area contributed by atoms with Crippen LogP contribution in [0.2, 0.25) is 0 Å². The van der Waals surface area contributed by atoms with Crippen molar-refractivity contribution >= 4 is 27.6 Å². The van der Waals surface area contributed by atoms with Crippen molar-refractivity contribution in [2.24, 2.45) is 0 Å². The van der Waals surface area contributed by atoms with E-state index in [1.807, 2.05) is 0 Å². The third-order valence-corrected chi connectivity index (χ3v) is 4.68. The molecule has 2 N–H and O–H groups in total. The SMILES string of the molecule is Nc1ncnc(N2CCC(N3CCCC3)C2)c1Br. The molecule has 98 valence electrons. The molecule has 0 aromatic carbocycles. The van der Waals surface area contributed by atoms with E-state index in [0.29, 0.717) is 11.9 Å². The molecule has 0 amide bonds. The predicted molar refractivity (Wildman–Crippen MR) is 75.6 cm³/mol. The minimum absolute atomic E-state index is 0.518. The second-order valence-electron chi connectivity index (χ2n) is 5.03. The van der Waals surface area contributed by atoms with E-state index in [-0.39, 0.29) is 0 Å². The Kier molecular flexibility index (Phi) is 3.39. The van der Waals surface area contributed by atoms with E-state index in [1.54, 1.807) is 6.33 Å². The molecule has 1 unspecified atom stereocenters. The van der Waals surface area contributed by atoms with Crippen LogP contribution < -0.4 is 10.6 Å². The number of rotatable bonds is 2. The second kappa shape index (κ2) is 5.01. The second-order valence-corrected chi connectivity index (χ2v) is 5.82. The maximum absolute atomic E-state index is 5.81. The van der Waals surface area contributed by atoms with E-state index in [2.05, 4.69) is 35.7 Å². The van der Waals surface area contributed by atoms with Crippen molar-refractivity contribution in [2.75, 3.05) is 36.8 Å². The molecule has 6 heteroatoms. The minimum atomic E-state index is 0.518. The van der Waals surface area contributed by atoms with Crippen LogP contribution in [0.1, 0.15) is 19.3 Å². The van der Waals surface area contributed by atoms with Crippen LogP contribution >= 0.6 is 15.9 Å². The zero-order valence-electron chi connectivity index (χ0n) is 10.3. The van der Waals surface area contributed by atoms with Gasteiger partial charge in [-0.2, -0.15) is 0 Å². The molecule has 3 heterocycles. The molecule has 1 atom stereocenters. The number of nitrogens with zero attached hydrogens (tertiary/aromatic N) is 4. The van der Waals surface area contributed by atoms with Crippen LogP contribution in [-0.4, -0.2) is 47.1 Å². The summed E-state index contributed by atoms with van der Waals surface area (Å²) in [6, 6.07) is 0.676. The van der Waals surface area contributed by atoms with Gasteiger partial charge in [0.25, 0.3) is 0 Å². The maximum Gasteiger partial charge on any atom is 0.148 e. The molecule has 2 aliphatic rings. The van der Waals surface area contributed by atoms with Crippen LogP contribution in [-0.2, 0) is 0 Å². The average molecular weight is 312 g/mol. The number of halogens is 1. The number of nitrogens with two attached hydrogens (primary N) is 1. The fraction of sp³-hybridized carbons (Fsp3) is 0.667. The highest BCUT2D eigenvalue weighted by Crippen LogP contribution is 2.31. The van der Waals surface area contributed by atoms with E-state index in [4.69, 9.17) is 5.73 Å². The summed E-state index contributed by atoms with van der Waals surface area (Å²) in [5.74, 6) is 1.45. The van der Waals surface area contributed by atoms with Crippen LogP contribution in [0.3, 0.4) is 0 Å². The molecule has 0 spiro atoms. The Morgan fingerprint density at radius 2 is 2.00 bits per heavy atom. The normalized spacial score (nSPS) is 24.9. The lowest BCUT2D eigenvalue weighted by atomic mass is 10.2. The first-order chi connectivity index (χ1) is 8.75. The molecule has 5 nitrogen and oxygen atoms in total. The molecule has 2 saturated heterocycles. The first-order valence-electron chi connectivity index (χ1n) is 6.50. The average Bonchev–Trinajstić information content (AvgIpc) is 3.01. The van der Waals surface area contributed by atoms with Gasteiger partial charge >= 0.3 is 0 Å². The Morgan fingerprint density at radius 3 is 2.78 bits per heavy atom. The molecule has 1 aromatic rings. The van der Waals surface area contributed by atoms with Gasteiger partial charge in [-0.3, -0.25) is 4.90 Å². The first-order valence-corrected chi connectivity index (χ1v) is 7.30. The lowest BCUT2D eigenvalue weighted by molar-refractivity contribution is 0.260. The zero-order chi connectivity index (χ0) is 12.5. The smallest absolute Gasteiger partial charge is 0.148 e. The molecule has 0 saturated carbocycles. The van der Waals surface area contributed by atoms with Crippen molar-refractivity contribution in [1.29, 1.82) is 0 Å². The van der Waals surface area contributed by atoms with E-state index in [1.165, 1.54) is 32.4 Å². The maximum atomic E-state index is 5.81. The predicted octanol–water partition coefficient (Wildman–Crippen LogP) is 1.50. The molecule has 2 aliphatic heterocycles. The zero-order valence-corrected chi connectivity index (χ0v) is 11.9. The Hall–Kier alpha value is -0.880. The third kappa shape index (κ3) is 2.19. The van der Waals surface area contributed by atoms with Crippen molar-refractivity contribution in [3.63, 3.8) is 0 Å². The standard InChI is InChI=1S/C12H18BrN5/c13-10-11(14)15-8-16-12(10)18-6-3-9(7-18)17-4-1-2-5-17/h8-9H,1-7H2,(H2,14,15,16). The summed E-state index contributed by atoms with van der Waals surface area (Å²) >= 11 is 3.49. The fourth-order valence-electron chi connectivity index (χ4n) is 2.93. The number of aromatic nitrogens is 2. The lowest BCUT2D eigenvalue weighted by Crippen LogP contribution is -2.35.